The van der Waals surface area contributed by atoms with Gasteiger partial charge in [0.1, 0.15) is 0 Å². The Labute approximate surface area is 175 Å². The number of pyridine rings is 1. The minimum absolute atomic E-state index is 0.0574. The third kappa shape index (κ3) is 4.41. The summed E-state index contributed by atoms with van der Waals surface area (Å²) in [6.07, 6.45) is 8.78. The van der Waals surface area contributed by atoms with Crippen LogP contribution in [-0.4, -0.2) is 45.1 Å². The first-order chi connectivity index (χ1) is 13.7. The predicted octanol–water partition coefficient (Wildman–Crippen LogP) is 3.87. The van der Waals surface area contributed by atoms with Crippen molar-refractivity contribution in [3.8, 4) is 5.75 Å². The van der Waals surface area contributed by atoms with Crippen LogP contribution >= 0.6 is 0 Å². The molecule has 1 aliphatic carbocycles. The second kappa shape index (κ2) is 7.73. The highest BCUT2D eigenvalue weighted by Gasteiger charge is 2.49. The fourth-order valence-electron chi connectivity index (χ4n) is 6.60. The molecule has 2 bridgehead atoms. The van der Waals surface area contributed by atoms with E-state index < -0.39 is 0 Å². The van der Waals surface area contributed by atoms with E-state index in [0.29, 0.717) is 23.4 Å². The van der Waals surface area contributed by atoms with Crippen molar-refractivity contribution >= 4 is 0 Å². The average molecular weight is 402 g/mol. The van der Waals surface area contributed by atoms with Crippen LogP contribution in [0.1, 0.15) is 77.1 Å². The van der Waals surface area contributed by atoms with Crippen LogP contribution in [0.4, 0.5) is 0 Å². The molecule has 1 N–H and O–H groups in total. The molecular weight excluding hydrogens is 362 g/mol. The molecule has 2 saturated heterocycles. The fourth-order valence-corrected chi connectivity index (χ4v) is 6.60. The molecule has 3 heterocycles. The number of hydrogen-bond acceptors (Lipinski definition) is 4. The maximum absolute atomic E-state index is 12.6. The summed E-state index contributed by atoms with van der Waals surface area (Å²) >= 11 is 0. The molecule has 0 radical (unpaired) electrons. The first kappa shape index (κ1) is 20.9. The Bertz CT molecular complexity index is 807. The molecule has 29 heavy (non-hydrogen) atoms. The molecule has 5 nitrogen and oxygen atoms in total. The smallest absolute Gasteiger partial charge is 0.223 e. The van der Waals surface area contributed by atoms with Crippen molar-refractivity contribution in [1.82, 2.24) is 14.4 Å². The normalized spacial score (nSPS) is 30.4. The lowest BCUT2D eigenvalue weighted by molar-refractivity contribution is 0.126. The number of likely N-dealkylation sites (tertiary alicyclic amines) is 2. The van der Waals surface area contributed by atoms with Crippen LogP contribution in [-0.2, 0) is 20.1 Å². The molecule has 1 aromatic heterocycles. The van der Waals surface area contributed by atoms with Gasteiger partial charge in [0.2, 0.25) is 5.43 Å². The van der Waals surface area contributed by atoms with E-state index in [-0.39, 0.29) is 11.2 Å². The summed E-state index contributed by atoms with van der Waals surface area (Å²) in [5, 5.41) is 10.6. The second-order valence-electron chi connectivity index (χ2n) is 11.2. The quantitative estimate of drug-likeness (QED) is 0.832. The Balaban J connectivity index is 1.57. The van der Waals surface area contributed by atoms with Gasteiger partial charge in [0.25, 0.3) is 0 Å². The maximum Gasteiger partial charge on any atom is 0.223 e. The van der Waals surface area contributed by atoms with Crippen LogP contribution in [0.3, 0.4) is 0 Å². The lowest BCUT2D eigenvalue weighted by atomic mass is 9.65. The summed E-state index contributed by atoms with van der Waals surface area (Å²) in [6, 6.07) is 2.20. The molecule has 162 valence electrons. The van der Waals surface area contributed by atoms with Gasteiger partial charge in [-0.2, -0.15) is 0 Å². The molecule has 1 saturated carbocycles. The molecule has 2 atom stereocenters. The van der Waals surface area contributed by atoms with Crippen molar-refractivity contribution < 1.29 is 5.11 Å². The molecule has 2 aliphatic heterocycles. The lowest BCUT2D eigenvalue weighted by Gasteiger charge is -2.40. The van der Waals surface area contributed by atoms with E-state index in [4.69, 9.17) is 0 Å². The first-order valence-electron chi connectivity index (χ1n) is 11.5. The molecule has 3 aliphatic rings. The van der Waals surface area contributed by atoms with E-state index in [0.717, 1.165) is 37.6 Å². The number of rotatable bonds is 4. The standard InChI is InChI=1S/C24H39N3O2/c1-23(2)12-19-13-24(3,16-23)17-27(19)15-20-22(29)21(28)11-18(25(20)4)14-26-9-7-5-6-8-10-26/h11,19,29H,5-10,12-17H2,1-4H3/t19-,24+/m1/s1. The molecule has 0 spiro atoms. The van der Waals surface area contributed by atoms with Gasteiger partial charge >= 0.3 is 0 Å². The molecule has 5 heteroatoms. The van der Waals surface area contributed by atoms with Crippen LogP contribution in [0.2, 0.25) is 0 Å². The predicted molar refractivity (Wildman–Crippen MR) is 117 cm³/mol. The van der Waals surface area contributed by atoms with Gasteiger partial charge in [0.05, 0.1) is 5.69 Å². The van der Waals surface area contributed by atoms with Crippen LogP contribution in [0.15, 0.2) is 10.9 Å². The van der Waals surface area contributed by atoms with E-state index in [1.807, 2.05) is 7.05 Å². The summed E-state index contributed by atoms with van der Waals surface area (Å²) < 4.78 is 2.09. The van der Waals surface area contributed by atoms with E-state index >= 15 is 0 Å². The molecule has 0 amide bonds. The Morgan fingerprint density at radius 2 is 1.76 bits per heavy atom. The minimum Gasteiger partial charge on any atom is -0.503 e. The zero-order valence-electron chi connectivity index (χ0n) is 18.8. The number of hydrogen-bond donors (Lipinski definition) is 1. The molecule has 0 unspecified atom stereocenters. The summed E-state index contributed by atoms with van der Waals surface area (Å²) in [6.45, 7) is 11.9. The van der Waals surface area contributed by atoms with E-state index in [9.17, 15) is 9.90 Å². The Kier molecular flexibility index (Phi) is 5.58. The third-order valence-corrected chi connectivity index (χ3v) is 7.60. The second-order valence-corrected chi connectivity index (χ2v) is 11.2. The van der Waals surface area contributed by atoms with Gasteiger partial charge in [-0.15, -0.1) is 0 Å². The number of nitrogens with zero attached hydrogens (tertiary/aromatic N) is 3. The third-order valence-electron chi connectivity index (χ3n) is 7.60. The van der Waals surface area contributed by atoms with Crippen molar-refractivity contribution in [3.63, 3.8) is 0 Å². The Morgan fingerprint density at radius 1 is 1.07 bits per heavy atom. The van der Waals surface area contributed by atoms with Crippen LogP contribution in [0.25, 0.3) is 0 Å². The SMILES string of the molecule is Cn1c(CN2CCCCCC2)cc(=O)c(O)c1CN1C[C@@]2(C)C[C@H]1CC(C)(C)C2. The van der Waals surface area contributed by atoms with Crippen molar-refractivity contribution in [2.24, 2.45) is 17.9 Å². The first-order valence-corrected chi connectivity index (χ1v) is 11.5. The topological polar surface area (TPSA) is 48.7 Å². The van der Waals surface area contributed by atoms with Crippen molar-refractivity contribution in [2.75, 3.05) is 19.6 Å². The molecule has 3 fully saturated rings. The Morgan fingerprint density at radius 3 is 2.45 bits per heavy atom. The minimum atomic E-state index is -0.225. The van der Waals surface area contributed by atoms with Gasteiger partial charge in [-0.05, 0) is 56.0 Å². The van der Waals surface area contributed by atoms with Crippen LogP contribution in [0, 0.1) is 10.8 Å². The van der Waals surface area contributed by atoms with Gasteiger partial charge in [-0.25, -0.2) is 0 Å². The molecule has 4 rings (SSSR count). The highest BCUT2D eigenvalue weighted by Crippen LogP contribution is 2.52. The van der Waals surface area contributed by atoms with Gasteiger partial charge in [-0.1, -0.05) is 33.6 Å². The molecule has 0 aromatic carbocycles. The van der Waals surface area contributed by atoms with E-state index in [1.54, 1.807) is 6.07 Å². The van der Waals surface area contributed by atoms with Gasteiger partial charge in [-0.3, -0.25) is 14.6 Å². The van der Waals surface area contributed by atoms with Gasteiger partial charge in [0, 0.05) is 44.5 Å². The summed E-state index contributed by atoms with van der Waals surface area (Å²) in [5.41, 5.74) is 2.31. The summed E-state index contributed by atoms with van der Waals surface area (Å²) in [5.74, 6) is -0.0574. The van der Waals surface area contributed by atoms with E-state index in [1.165, 1.54) is 44.9 Å². The van der Waals surface area contributed by atoms with E-state index in [2.05, 4.69) is 35.1 Å². The Hall–Kier alpha value is -1.33. The van der Waals surface area contributed by atoms with Crippen LogP contribution in [0.5, 0.6) is 5.75 Å². The average Bonchev–Trinajstić information content (AvgIpc) is 2.79. The lowest BCUT2D eigenvalue weighted by Crippen LogP contribution is -2.35. The van der Waals surface area contributed by atoms with Crippen molar-refractivity contribution in [1.29, 1.82) is 0 Å². The van der Waals surface area contributed by atoms with Gasteiger partial charge < -0.3 is 9.67 Å². The maximum atomic E-state index is 12.6. The van der Waals surface area contributed by atoms with Gasteiger partial charge in [0.15, 0.2) is 5.75 Å². The fraction of sp³-hybridized carbons (Fsp3) is 0.792. The zero-order valence-corrected chi connectivity index (χ0v) is 18.8. The largest absolute Gasteiger partial charge is 0.503 e. The summed E-state index contributed by atoms with van der Waals surface area (Å²) in [7, 11) is 2.02. The molecule has 1 aromatic rings. The van der Waals surface area contributed by atoms with Crippen LogP contribution < -0.4 is 5.43 Å². The number of aromatic hydroxyl groups is 1. The number of aromatic nitrogens is 1. The number of fused-ring (bicyclic) bond motifs is 2. The highest BCUT2D eigenvalue weighted by atomic mass is 16.3. The highest BCUT2D eigenvalue weighted by molar-refractivity contribution is 5.30. The monoisotopic (exact) mass is 401 g/mol. The summed E-state index contributed by atoms with van der Waals surface area (Å²) in [4.78, 5) is 17.6. The van der Waals surface area contributed by atoms with Crippen molar-refractivity contribution in [3.05, 3.63) is 27.7 Å². The molecular formula is C24H39N3O2. The zero-order chi connectivity index (χ0) is 20.8. The van der Waals surface area contributed by atoms with Crippen molar-refractivity contribution in [2.45, 2.75) is 84.8 Å².